The number of hydrogen-bond donors (Lipinski definition) is 1. The summed E-state index contributed by atoms with van der Waals surface area (Å²) >= 11 is 0. The minimum atomic E-state index is -1.07. The predicted molar refractivity (Wildman–Crippen MR) is 156 cm³/mol. The summed E-state index contributed by atoms with van der Waals surface area (Å²) in [5.74, 6) is 1.66. The van der Waals surface area contributed by atoms with E-state index in [0.29, 0.717) is 47.0 Å². The summed E-state index contributed by atoms with van der Waals surface area (Å²) in [6, 6.07) is 3.28. The van der Waals surface area contributed by atoms with Gasteiger partial charge in [0.1, 0.15) is 12.2 Å². The van der Waals surface area contributed by atoms with Gasteiger partial charge in [-0.05, 0) is 38.3 Å². The lowest BCUT2D eigenvalue weighted by atomic mass is 10.1. The average Bonchev–Trinajstić information content (AvgIpc) is 3.82. The van der Waals surface area contributed by atoms with Gasteiger partial charge in [-0.25, -0.2) is 20.0 Å². The van der Waals surface area contributed by atoms with Gasteiger partial charge in [0.15, 0.2) is 11.7 Å². The van der Waals surface area contributed by atoms with Gasteiger partial charge in [-0.15, -0.1) is 0 Å². The molecule has 40 heavy (non-hydrogen) atoms. The number of aliphatic imine (C=N–C) groups is 3. The van der Waals surface area contributed by atoms with E-state index in [1.54, 1.807) is 36.7 Å². The smallest absolute Gasteiger partial charge is 0.294 e. The van der Waals surface area contributed by atoms with Crippen molar-refractivity contribution in [1.82, 2.24) is 25.2 Å². The van der Waals surface area contributed by atoms with Crippen molar-refractivity contribution in [3.63, 3.8) is 0 Å². The van der Waals surface area contributed by atoms with Crippen molar-refractivity contribution in [2.24, 2.45) is 15.0 Å². The van der Waals surface area contributed by atoms with Crippen molar-refractivity contribution in [2.75, 3.05) is 26.0 Å². The van der Waals surface area contributed by atoms with Gasteiger partial charge in [0.25, 0.3) is 5.91 Å². The fourth-order valence-corrected chi connectivity index (χ4v) is 5.20. The van der Waals surface area contributed by atoms with Gasteiger partial charge in [-0.3, -0.25) is 23.9 Å². The van der Waals surface area contributed by atoms with Crippen LogP contribution in [0.2, 0.25) is 0 Å². The Hall–Kier alpha value is -3.64. The second-order valence-corrected chi connectivity index (χ2v) is 11.2. The summed E-state index contributed by atoms with van der Waals surface area (Å²) in [6.07, 6.45) is 7.46. The molecule has 11 nitrogen and oxygen atoms in total. The first-order valence-electron chi connectivity index (χ1n) is 13.5. The normalized spacial score (nSPS) is 18.4. The zero-order valence-corrected chi connectivity index (χ0v) is 24.3. The molecule has 1 aliphatic heterocycles. The second-order valence-electron chi connectivity index (χ2n) is 9.49. The van der Waals surface area contributed by atoms with E-state index in [1.807, 2.05) is 20.8 Å². The van der Waals surface area contributed by atoms with Gasteiger partial charge in [0.05, 0.1) is 64.1 Å². The molecule has 0 aromatic carbocycles. The van der Waals surface area contributed by atoms with Crippen molar-refractivity contribution >= 4 is 34.2 Å². The Morgan fingerprint density at radius 3 is 2.73 bits per heavy atom. The molecule has 3 heterocycles. The van der Waals surface area contributed by atoms with E-state index in [2.05, 4.69) is 36.8 Å². The molecule has 4 rings (SSSR count). The molecule has 1 unspecified atom stereocenters. The van der Waals surface area contributed by atoms with Gasteiger partial charge in [0, 0.05) is 31.2 Å². The van der Waals surface area contributed by atoms with Crippen LogP contribution in [-0.2, 0) is 33.3 Å². The highest BCUT2D eigenvalue weighted by Crippen LogP contribution is 2.41. The predicted octanol–water partition coefficient (Wildman–Crippen LogP) is 2.79. The molecular weight excluding hydrogens is 528 g/mol. The van der Waals surface area contributed by atoms with E-state index >= 15 is 0 Å². The Morgan fingerprint density at radius 2 is 2.10 bits per heavy atom. The van der Waals surface area contributed by atoms with Crippen molar-refractivity contribution in [1.29, 1.82) is 0 Å². The Balaban J connectivity index is 1.64. The number of nitrogens with zero attached hydrogens (tertiary/aromatic N) is 7. The van der Waals surface area contributed by atoms with Crippen LogP contribution in [0.4, 0.5) is 0 Å². The second kappa shape index (κ2) is 13.6. The van der Waals surface area contributed by atoms with E-state index in [1.165, 1.54) is 6.20 Å². The number of hydrogen-bond acceptors (Lipinski definition) is 9. The van der Waals surface area contributed by atoms with Crippen molar-refractivity contribution in [2.45, 2.75) is 63.4 Å². The van der Waals surface area contributed by atoms with E-state index < -0.39 is 10.8 Å². The number of amides is 1. The van der Waals surface area contributed by atoms with E-state index in [9.17, 15) is 9.00 Å². The Labute approximate surface area is 237 Å². The fraction of sp³-hybridized carbons (Fsp3) is 0.464. The van der Waals surface area contributed by atoms with Crippen molar-refractivity contribution < 1.29 is 13.7 Å². The zero-order valence-electron chi connectivity index (χ0n) is 23.5. The SMILES string of the molecule is C=CN=C(N=C1CN=C(NCc2ccc(S(=O)CC)cn2)C(=O)N1[C@@H](C)COC)c1c(CC)ncnc1C1CC1. The molecule has 1 aliphatic carbocycles. The summed E-state index contributed by atoms with van der Waals surface area (Å²) in [5, 5.41) is 3.12. The molecule has 212 valence electrons. The Morgan fingerprint density at radius 1 is 1.30 bits per heavy atom. The van der Waals surface area contributed by atoms with Crippen LogP contribution in [0.3, 0.4) is 0 Å². The number of carbonyl (C=O) groups excluding carboxylic acids is 1. The number of aryl methyl sites for hydroxylation is 1. The van der Waals surface area contributed by atoms with E-state index in [4.69, 9.17) is 9.73 Å². The number of pyridine rings is 1. The zero-order chi connectivity index (χ0) is 28.6. The lowest BCUT2D eigenvalue weighted by molar-refractivity contribution is -0.123. The first-order valence-corrected chi connectivity index (χ1v) is 14.8. The highest BCUT2D eigenvalue weighted by Gasteiger charge is 2.34. The summed E-state index contributed by atoms with van der Waals surface area (Å²) in [4.78, 5) is 43.3. The molecule has 1 saturated carbocycles. The van der Waals surface area contributed by atoms with Crippen LogP contribution in [0.15, 0.2) is 57.3 Å². The summed E-state index contributed by atoms with van der Waals surface area (Å²) in [6.45, 7) is 10.3. The van der Waals surface area contributed by atoms with E-state index in [0.717, 1.165) is 29.8 Å². The molecule has 0 saturated heterocycles. The molecule has 1 fully saturated rings. The molecule has 2 aromatic rings. The summed E-state index contributed by atoms with van der Waals surface area (Å²) < 4.78 is 17.4. The van der Waals surface area contributed by atoms with Crippen LogP contribution in [0.5, 0.6) is 0 Å². The minimum Gasteiger partial charge on any atom is -0.383 e. The van der Waals surface area contributed by atoms with Crippen molar-refractivity contribution in [3.05, 3.63) is 60.1 Å². The number of methoxy groups -OCH3 is 1. The molecule has 2 atom stereocenters. The maximum absolute atomic E-state index is 13.7. The molecule has 1 amide bonds. The van der Waals surface area contributed by atoms with Crippen LogP contribution in [0, 0.1) is 0 Å². The number of amidine groups is 3. The maximum atomic E-state index is 13.7. The first-order chi connectivity index (χ1) is 19.4. The molecule has 1 N–H and O–H groups in total. The molecular formula is C28H36N8O3S. The lowest BCUT2D eigenvalue weighted by Gasteiger charge is -2.33. The molecule has 0 radical (unpaired) electrons. The van der Waals surface area contributed by atoms with E-state index in [-0.39, 0.29) is 30.9 Å². The van der Waals surface area contributed by atoms with Crippen molar-refractivity contribution in [3.8, 4) is 0 Å². The molecule has 0 spiro atoms. The third-order valence-electron chi connectivity index (χ3n) is 6.61. The molecule has 2 aliphatic rings. The average molecular weight is 565 g/mol. The maximum Gasteiger partial charge on any atom is 0.294 e. The monoisotopic (exact) mass is 564 g/mol. The molecule has 2 aromatic heterocycles. The quantitative estimate of drug-likeness (QED) is 0.328. The fourth-order valence-electron chi connectivity index (χ4n) is 4.48. The lowest BCUT2D eigenvalue weighted by Crippen LogP contribution is -2.55. The summed E-state index contributed by atoms with van der Waals surface area (Å²) in [5.41, 5.74) is 3.29. The van der Waals surface area contributed by atoms with Crippen LogP contribution in [0.25, 0.3) is 0 Å². The third kappa shape index (κ3) is 6.73. The Kier molecular flexibility index (Phi) is 9.99. The van der Waals surface area contributed by atoms with Gasteiger partial charge in [0.2, 0.25) is 0 Å². The largest absolute Gasteiger partial charge is 0.383 e. The van der Waals surface area contributed by atoms with Crippen LogP contribution in [0.1, 0.15) is 62.2 Å². The van der Waals surface area contributed by atoms with Gasteiger partial charge < -0.3 is 10.1 Å². The van der Waals surface area contributed by atoms with Crippen LogP contribution < -0.4 is 5.32 Å². The number of ether oxygens (including phenoxy) is 1. The first kappa shape index (κ1) is 29.3. The number of nitrogens with one attached hydrogen (secondary N) is 1. The summed E-state index contributed by atoms with van der Waals surface area (Å²) in [7, 11) is 0.526. The number of rotatable bonds is 11. The van der Waals surface area contributed by atoms with Gasteiger partial charge in [-0.1, -0.05) is 20.4 Å². The van der Waals surface area contributed by atoms with Crippen LogP contribution in [-0.4, -0.2) is 79.5 Å². The molecule has 12 heteroatoms. The van der Waals surface area contributed by atoms with Crippen LogP contribution >= 0.6 is 0 Å². The highest BCUT2D eigenvalue weighted by atomic mass is 32.2. The highest BCUT2D eigenvalue weighted by molar-refractivity contribution is 7.85. The third-order valence-corrected chi connectivity index (χ3v) is 7.90. The Bertz CT molecular complexity index is 1350. The van der Waals surface area contributed by atoms with Gasteiger partial charge in [-0.2, -0.15) is 0 Å². The number of aromatic nitrogens is 3. The number of carbonyl (C=O) groups is 1. The topological polar surface area (TPSA) is 134 Å². The minimum absolute atomic E-state index is 0.161. The standard InChI is InChI=1S/C28H36N8O3S/c1-6-22-24(25(19-9-10-19)34-17-33-22)26(29-7-2)35-23-15-32-27(28(37)36(23)18(4)16-39-5)31-13-20-11-12-21(14-30-20)40(38)8-3/h7,11-12,14,17-19H,2,6,8-10,13,15-16H2,1,3-5H3,(H,31,32)/t18-,40?/m0/s1. The van der Waals surface area contributed by atoms with Gasteiger partial charge >= 0.3 is 0 Å². The molecule has 0 bridgehead atoms.